The topological polar surface area (TPSA) is 17.8 Å². The van der Waals surface area contributed by atoms with E-state index in [1.807, 2.05) is 11.8 Å². The Bertz CT molecular complexity index is 571. The van der Waals surface area contributed by atoms with Crippen LogP contribution in [0.1, 0.15) is 12.2 Å². The van der Waals surface area contributed by atoms with Crippen LogP contribution in [0, 0.1) is 5.82 Å². The van der Waals surface area contributed by atoms with Crippen LogP contribution in [-0.2, 0) is 13.0 Å². The molecule has 0 atom stereocenters. The van der Waals surface area contributed by atoms with E-state index in [4.69, 9.17) is 23.2 Å². The number of benzene rings is 1. The molecule has 0 fully saturated rings. The zero-order chi connectivity index (χ0) is 13.8. The molecule has 0 unspecified atom stereocenters. The first-order valence-corrected chi connectivity index (χ1v) is 8.37. The first-order valence-electron chi connectivity index (χ1n) is 6.06. The molecule has 1 heterocycles. The summed E-state index contributed by atoms with van der Waals surface area (Å²) in [4.78, 5) is 4.46. The zero-order valence-corrected chi connectivity index (χ0v) is 13.0. The van der Waals surface area contributed by atoms with Crippen molar-refractivity contribution in [3.05, 3.63) is 28.8 Å². The van der Waals surface area contributed by atoms with Crippen molar-refractivity contribution in [1.82, 2.24) is 9.55 Å². The van der Waals surface area contributed by atoms with Gasteiger partial charge in [-0.05, 0) is 24.5 Å². The van der Waals surface area contributed by atoms with E-state index in [1.54, 1.807) is 6.07 Å². The molecule has 104 valence electrons. The third kappa shape index (κ3) is 3.36. The Morgan fingerprint density at radius 2 is 2.21 bits per heavy atom. The molecule has 1 aromatic carbocycles. The maximum Gasteiger partial charge on any atom is 0.144 e. The SMILES string of the molecule is CSCCCn1c(CCCl)nc2cc(F)c(Cl)cc21. The Balaban J connectivity index is 2.43. The minimum atomic E-state index is -0.430. The Kier molecular flexibility index (Phi) is 5.37. The second-order valence-electron chi connectivity index (χ2n) is 4.22. The summed E-state index contributed by atoms with van der Waals surface area (Å²) < 4.78 is 15.6. The molecule has 2 nitrogen and oxygen atoms in total. The molecule has 0 bridgehead atoms. The van der Waals surface area contributed by atoms with E-state index in [0.29, 0.717) is 17.8 Å². The summed E-state index contributed by atoms with van der Waals surface area (Å²) in [6.45, 7) is 0.853. The van der Waals surface area contributed by atoms with Gasteiger partial charge in [-0.25, -0.2) is 9.37 Å². The molecule has 19 heavy (non-hydrogen) atoms. The van der Waals surface area contributed by atoms with E-state index in [-0.39, 0.29) is 5.02 Å². The summed E-state index contributed by atoms with van der Waals surface area (Å²) in [5.74, 6) is 2.05. The number of thioether (sulfide) groups is 1. The fourth-order valence-corrected chi connectivity index (χ4v) is 2.81. The van der Waals surface area contributed by atoms with Crippen LogP contribution in [0.15, 0.2) is 12.1 Å². The molecule has 0 aliphatic carbocycles. The lowest BCUT2D eigenvalue weighted by molar-refractivity contribution is 0.629. The van der Waals surface area contributed by atoms with Gasteiger partial charge in [0.25, 0.3) is 0 Å². The van der Waals surface area contributed by atoms with Crippen molar-refractivity contribution in [2.24, 2.45) is 0 Å². The number of rotatable bonds is 6. The molecule has 2 aromatic rings. The molecule has 2 rings (SSSR count). The summed E-state index contributed by atoms with van der Waals surface area (Å²) in [5.41, 5.74) is 1.53. The normalized spacial score (nSPS) is 11.4. The molecule has 0 saturated carbocycles. The number of aryl methyl sites for hydroxylation is 2. The molecule has 0 amide bonds. The molecular weight excluding hydrogens is 306 g/mol. The van der Waals surface area contributed by atoms with Gasteiger partial charge < -0.3 is 4.57 Å². The van der Waals surface area contributed by atoms with Crippen LogP contribution >= 0.6 is 35.0 Å². The third-order valence-electron chi connectivity index (χ3n) is 2.92. The van der Waals surface area contributed by atoms with Gasteiger partial charge in [0.2, 0.25) is 0 Å². The van der Waals surface area contributed by atoms with Crippen LogP contribution in [0.5, 0.6) is 0 Å². The molecule has 1 aromatic heterocycles. The Hall–Kier alpha value is -0.450. The van der Waals surface area contributed by atoms with Gasteiger partial charge in [-0.3, -0.25) is 0 Å². The molecule has 6 heteroatoms. The van der Waals surface area contributed by atoms with Crippen LogP contribution in [0.4, 0.5) is 4.39 Å². The fraction of sp³-hybridized carbons (Fsp3) is 0.462. The lowest BCUT2D eigenvalue weighted by atomic mass is 10.3. The number of nitrogens with zero attached hydrogens (tertiary/aromatic N) is 2. The number of alkyl halides is 1. The van der Waals surface area contributed by atoms with Crippen molar-refractivity contribution >= 4 is 46.0 Å². The average Bonchev–Trinajstić information content (AvgIpc) is 2.69. The maximum absolute atomic E-state index is 13.5. The van der Waals surface area contributed by atoms with Crippen molar-refractivity contribution in [3.63, 3.8) is 0 Å². The van der Waals surface area contributed by atoms with Crippen molar-refractivity contribution in [1.29, 1.82) is 0 Å². The van der Waals surface area contributed by atoms with E-state index in [2.05, 4.69) is 15.8 Å². The molecule has 0 aliphatic rings. The molecule has 0 radical (unpaired) electrons. The first-order chi connectivity index (χ1) is 9.17. The van der Waals surface area contributed by atoms with Gasteiger partial charge in [-0.2, -0.15) is 11.8 Å². The van der Waals surface area contributed by atoms with Crippen LogP contribution in [0.25, 0.3) is 11.0 Å². The number of hydrogen-bond acceptors (Lipinski definition) is 2. The Morgan fingerprint density at radius 1 is 1.42 bits per heavy atom. The number of fused-ring (bicyclic) bond motifs is 1. The number of hydrogen-bond donors (Lipinski definition) is 0. The van der Waals surface area contributed by atoms with Gasteiger partial charge in [-0.1, -0.05) is 11.6 Å². The highest BCUT2D eigenvalue weighted by molar-refractivity contribution is 7.98. The highest BCUT2D eigenvalue weighted by atomic mass is 35.5. The second-order valence-corrected chi connectivity index (χ2v) is 5.99. The third-order valence-corrected chi connectivity index (χ3v) is 4.09. The van der Waals surface area contributed by atoms with Crippen molar-refractivity contribution in [2.45, 2.75) is 19.4 Å². The van der Waals surface area contributed by atoms with Gasteiger partial charge in [0, 0.05) is 24.9 Å². The summed E-state index contributed by atoms with van der Waals surface area (Å²) in [6.07, 6.45) is 3.80. The van der Waals surface area contributed by atoms with E-state index in [9.17, 15) is 4.39 Å². The summed E-state index contributed by atoms with van der Waals surface area (Å²) >= 11 is 13.5. The maximum atomic E-state index is 13.5. The average molecular weight is 321 g/mol. The van der Waals surface area contributed by atoms with Gasteiger partial charge in [0.05, 0.1) is 16.1 Å². The monoisotopic (exact) mass is 320 g/mol. The summed E-state index contributed by atoms with van der Waals surface area (Å²) in [5, 5.41) is 0.135. The van der Waals surface area contributed by atoms with E-state index >= 15 is 0 Å². The van der Waals surface area contributed by atoms with Gasteiger partial charge in [-0.15, -0.1) is 11.6 Å². The van der Waals surface area contributed by atoms with Crippen LogP contribution in [-0.4, -0.2) is 27.4 Å². The van der Waals surface area contributed by atoms with Gasteiger partial charge in [0.1, 0.15) is 11.6 Å². The smallest absolute Gasteiger partial charge is 0.144 e. The lowest BCUT2D eigenvalue weighted by Crippen LogP contribution is -2.05. The van der Waals surface area contributed by atoms with Gasteiger partial charge in [0.15, 0.2) is 0 Å². The summed E-state index contributed by atoms with van der Waals surface area (Å²) in [7, 11) is 0. The van der Waals surface area contributed by atoms with Crippen LogP contribution in [0.3, 0.4) is 0 Å². The minimum absolute atomic E-state index is 0.135. The molecule has 0 spiro atoms. The molecule has 0 saturated heterocycles. The van der Waals surface area contributed by atoms with E-state index in [1.165, 1.54) is 6.07 Å². The molecule has 0 aliphatic heterocycles. The molecular formula is C13H15Cl2FN2S. The Labute approximate surface area is 126 Å². The Morgan fingerprint density at radius 3 is 2.89 bits per heavy atom. The standard InChI is InChI=1S/C13H15Cl2FN2S/c1-19-6-2-5-18-12-7-9(15)10(16)8-11(12)17-13(18)3-4-14/h7-8H,2-6H2,1H3. The zero-order valence-electron chi connectivity index (χ0n) is 10.6. The fourth-order valence-electron chi connectivity index (χ4n) is 2.06. The number of aromatic nitrogens is 2. The minimum Gasteiger partial charge on any atom is -0.328 e. The second kappa shape index (κ2) is 6.82. The van der Waals surface area contributed by atoms with Crippen molar-refractivity contribution in [2.75, 3.05) is 17.9 Å². The number of halogens is 3. The first kappa shape index (κ1) is 14.9. The summed E-state index contributed by atoms with van der Waals surface area (Å²) in [6, 6.07) is 3.04. The quantitative estimate of drug-likeness (QED) is 0.581. The van der Waals surface area contributed by atoms with Crippen LogP contribution in [0.2, 0.25) is 5.02 Å². The predicted octanol–water partition coefficient (Wildman–Crippen LogP) is 4.36. The van der Waals surface area contributed by atoms with Crippen LogP contribution < -0.4 is 0 Å². The van der Waals surface area contributed by atoms with E-state index < -0.39 is 5.82 Å². The highest BCUT2D eigenvalue weighted by Gasteiger charge is 2.13. The largest absolute Gasteiger partial charge is 0.328 e. The highest BCUT2D eigenvalue weighted by Crippen LogP contribution is 2.24. The molecule has 0 N–H and O–H groups in total. The lowest BCUT2D eigenvalue weighted by Gasteiger charge is -2.08. The predicted molar refractivity (Wildman–Crippen MR) is 82.1 cm³/mol. The van der Waals surface area contributed by atoms with Crippen molar-refractivity contribution in [3.8, 4) is 0 Å². The number of imidazole rings is 1. The van der Waals surface area contributed by atoms with Crippen molar-refractivity contribution < 1.29 is 4.39 Å². The van der Waals surface area contributed by atoms with E-state index in [0.717, 1.165) is 30.1 Å². The van der Waals surface area contributed by atoms with Gasteiger partial charge >= 0.3 is 0 Å².